The number of aryl methyl sites for hydroxylation is 1. The Bertz CT molecular complexity index is 1010. The van der Waals surface area contributed by atoms with Gasteiger partial charge in [-0.15, -0.1) is 0 Å². The Morgan fingerprint density at radius 3 is 2.54 bits per heavy atom. The lowest BCUT2D eigenvalue weighted by atomic mass is 10.1. The molecule has 0 unspecified atom stereocenters. The molecule has 2 aromatic carbocycles. The summed E-state index contributed by atoms with van der Waals surface area (Å²) in [6, 6.07) is 14.8. The number of carbonyl (C=O) groups excluding carboxylic acids is 1. The first-order valence-electron chi connectivity index (χ1n) is 8.68. The predicted octanol–water partition coefficient (Wildman–Crippen LogP) is 3.72. The number of aromatic nitrogens is 2. The molecule has 0 bridgehead atoms. The van der Waals surface area contributed by atoms with Crippen molar-refractivity contribution in [1.82, 2.24) is 9.78 Å². The smallest absolute Gasteiger partial charge is 0.359 e. The molecule has 3 aromatic rings. The Labute approximate surface area is 152 Å². The number of carbonyl (C=O) groups is 1. The number of esters is 1. The lowest BCUT2D eigenvalue weighted by molar-refractivity contribution is 0.0465. The number of nitrogens with zero attached hydrogens (tertiary/aromatic N) is 2. The monoisotopic (exact) mass is 350 g/mol. The van der Waals surface area contributed by atoms with E-state index >= 15 is 0 Å². The third kappa shape index (κ3) is 3.82. The van der Waals surface area contributed by atoms with Gasteiger partial charge in [0.05, 0.1) is 5.39 Å². The molecule has 0 radical (unpaired) electrons. The van der Waals surface area contributed by atoms with Crippen LogP contribution >= 0.6 is 0 Å². The molecule has 0 amide bonds. The summed E-state index contributed by atoms with van der Waals surface area (Å²) in [5.74, 6) is -0.294. The van der Waals surface area contributed by atoms with Crippen LogP contribution < -0.4 is 5.56 Å². The van der Waals surface area contributed by atoms with Crippen LogP contribution in [0.5, 0.6) is 0 Å². The Morgan fingerprint density at radius 2 is 1.85 bits per heavy atom. The molecule has 5 nitrogen and oxygen atoms in total. The molecule has 0 fully saturated rings. The number of ether oxygens (including phenoxy) is 1. The van der Waals surface area contributed by atoms with Crippen LogP contribution in [0.3, 0.4) is 0 Å². The van der Waals surface area contributed by atoms with Gasteiger partial charge in [0.25, 0.3) is 5.56 Å². The minimum atomic E-state index is -0.528. The summed E-state index contributed by atoms with van der Waals surface area (Å²) in [6.45, 7) is 6.60. The fraction of sp³-hybridized carbons (Fsp3) is 0.286. The molecule has 0 aliphatic carbocycles. The number of benzene rings is 2. The van der Waals surface area contributed by atoms with Crippen LogP contribution in [-0.4, -0.2) is 15.7 Å². The zero-order valence-electron chi connectivity index (χ0n) is 15.2. The van der Waals surface area contributed by atoms with Gasteiger partial charge in [-0.1, -0.05) is 61.9 Å². The summed E-state index contributed by atoms with van der Waals surface area (Å²) in [4.78, 5) is 25.3. The molecule has 0 aliphatic rings. The van der Waals surface area contributed by atoms with Gasteiger partial charge < -0.3 is 4.74 Å². The second kappa shape index (κ2) is 7.52. The van der Waals surface area contributed by atoms with Crippen molar-refractivity contribution in [1.29, 1.82) is 0 Å². The fourth-order valence-corrected chi connectivity index (χ4v) is 2.87. The molecule has 1 aromatic heterocycles. The van der Waals surface area contributed by atoms with Gasteiger partial charge in [-0.3, -0.25) is 4.79 Å². The van der Waals surface area contributed by atoms with Crippen LogP contribution in [0.1, 0.15) is 35.5 Å². The van der Waals surface area contributed by atoms with E-state index < -0.39 is 5.97 Å². The van der Waals surface area contributed by atoms with Crippen LogP contribution in [0.25, 0.3) is 10.8 Å². The summed E-state index contributed by atoms with van der Waals surface area (Å²) in [6.07, 6.45) is 0. The van der Waals surface area contributed by atoms with Crippen molar-refractivity contribution in [3.8, 4) is 0 Å². The molecule has 0 aliphatic heterocycles. The van der Waals surface area contributed by atoms with Crippen molar-refractivity contribution in [2.75, 3.05) is 0 Å². The minimum Gasteiger partial charge on any atom is -0.456 e. The average molecular weight is 350 g/mol. The number of fused-ring (bicyclic) bond motifs is 1. The highest BCUT2D eigenvalue weighted by Crippen LogP contribution is 2.16. The van der Waals surface area contributed by atoms with E-state index in [2.05, 4.69) is 5.10 Å². The van der Waals surface area contributed by atoms with Crippen molar-refractivity contribution in [3.05, 3.63) is 75.7 Å². The SMILES string of the molecule is Cc1cccc(COC(=O)c2nn(CC(C)C)c(=O)c3ccccc23)c1. The van der Waals surface area contributed by atoms with E-state index in [1.807, 2.05) is 45.0 Å². The van der Waals surface area contributed by atoms with E-state index in [0.717, 1.165) is 11.1 Å². The van der Waals surface area contributed by atoms with Gasteiger partial charge in [0.15, 0.2) is 5.69 Å². The molecule has 0 saturated heterocycles. The third-order valence-electron chi connectivity index (χ3n) is 4.05. The molecular weight excluding hydrogens is 328 g/mol. The Hall–Kier alpha value is -2.95. The van der Waals surface area contributed by atoms with Crippen LogP contribution in [-0.2, 0) is 17.9 Å². The second-order valence-electron chi connectivity index (χ2n) is 6.84. The first kappa shape index (κ1) is 17.9. The summed E-state index contributed by atoms with van der Waals surface area (Å²) >= 11 is 0. The molecule has 0 atom stereocenters. The second-order valence-corrected chi connectivity index (χ2v) is 6.84. The molecular formula is C21H22N2O3. The minimum absolute atomic E-state index is 0.166. The maximum atomic E-state index is 12.7. The van der Waals surface area contributed by atoms with Gasteiger partial charge in [-0.2, -0.15) is 5.10 Å². The van der Waals surface area contributed by atoms with Gasteiger partial charge in [-0.05, 0) is 24.5 Å². The Morgan fingerprint density at radius 1 is 1.12 bits per heavy atom. The normalized spacial score (nSPS) is 11.1. The van der Waals surface area contributed by atoms with Gasteiger partial charge in [0, 0.05) is 11.9 Å². The predicted molar refractivity (Wildman–Crippen MR) is 101 cm³/mol. The molecule has 26 heavy (non-hydrogen) atoms. The zero-order valence-corrected chi connectivity index (χ0v) is 15.2. The number of rotatable bonds is 5. The summed E-state index contributed by atoms with van der Waals surface area (Å²) in [5, 5.41) is 5.30. The van der Waals surface area contributed by atoms with Gasteiger partial charge in [0.1, 0.15) is 6.61 Å². The molecule has 0 N–H and O–H groups in total. The number of hydrogen-bond acceptors (Lipinski definition) is 4. The molecule has 0 spiro atoms. The van der Waals surface area contributed by atoms with E-state index in [0.29, 0.717) is 17.3 Å². The van der Waals surface area contributed by atoms with Gasteiger partial charge >= 0.3 is 5.97 Å². The Kier molecular flexibility index (Phi) is 5.16. The standard InChI is InChI=1S/C21H22N2O3/c1-14(2)12-23-20(24)18-10-5-4-9-17(18)19(22-23)21(25)26-13-16-8-6-7-15(3)11-16/h4-11,14H,12-13H2,1-3H3. The van der Waals surface area contributed by atoms with Crippen molar-refractivity contribution in [3.63, 3.8) is 0 Å². The molecule has 134 valence electrons. The van der Waals surface area contributed by atoms with E-state index in [4.69, 9.17) is 4.74 Å². The maximum absolute atomic E-state index is 12.7. The molecule has 0 saturated carbocycles. The third-order valence-corrected chi connectivity index (χ3v) is 4.05. The maximum Gasteiger partial charge on any atom is 0.359 e. The molecule has 1 heterocycles. The van der Waals surface area contributed by atoms with Crippen molar-refractivity contribution in [2.45, 2.75) is 33.9 Å². The lowest BCUT2D eigenvalue weighted by Gasteiger charge is -2.12. The quantitative estimate of drug-likeness (QED) is 0.658. The van der Waals surface area contributed by atoms with E-state index in [1.165, 1.54) is 4.68 Å². The zero-order chi connectivity index (χ0) is 18.7. The lowest BCUT2D eigenvalue weighted by Crippen LogP contribution is -2.28. The van der Waals surface area contributed by atoms with E-state index in [1.54, 1.807) is 24.3 Å². The van der Waals surface area contributed by atoms with Crippen LogP contribution in [0.4, 0.5) is 0 Å². The molecule has 5 heteroatoms. The highest BCUT2D eigenvalue weighted by molar-refractivity contribution is 6.02. The highest BCUT2D eigenvalue weighted by atomic mass is 16.5. The van der Waals surface area contributed by atoms with Crippen molar-refractivity contribution >= 4 is 16.7 Å². The summed E-state index contributed by atoms with van der Waals surface area (Å²) in [7, 11) is 0. The highest BCUT2D eigenvalue weighted by Gasteiger charge is 2.18. The first-order valence-corrected chi connectivity index (χ1v) is 8.68. The van der Waals surface area contributed by atoms with E-state index in [9.17, 15) is 9.59 Å². The van der Waals surface area contributed by atoms with Gasteiger partial charge in [0.2, 0.25) is 0 Å². The van der Waals surface area contributed by atoms with E-state index in [-0.39, 0.29) is 23.8 Å². The van der Waals surface area contributed by atoms with Crippen LogP contribution in [0, 0.1) is 12.8 Å². The Balaban J connectivity index is 1.96. The van der Waals surface area contributed by atoms with Crippen molar-refractivity contribution in [2.24, 2.45) is 5.92 Å². The fourth-order valence-electron chi connectivity index (χ4n) is 2.87. The first-order chi connectivity index (χ1) is 12.5. The summed E-state index contributed by atoms with van der Waals surface area (Å²) < 4.78 is 6.82. The summed E-state index contributed by atoms with van der Waals surface area (Å²) in [5.41, 5.74) is 2.00. The average Bonchev–Trinajstić information content (AvgIpc) is 2.62. The molecule has 3 rings (SSSR count). The van der Waals surface area contributed by atoms with Crippen LogP contribution in [0.15, 0.2) is 53.3 Å². The largest absolute Gasteiger partial charge is 0.456 e. The topological polar surface area (TPSA) is 61.2 Å². The van der Waals surface area contributed by atoms with Crippen LogP contribution in [0.2, 0.25) is 0 Å². The van der Waals surface area contributed by atoms with Crippen molar-refractivity contribution < 1.29 is 9.53 Å². The number of hydrogen-bond donors (Lipinski definition) is 0. The van der Waals surface area contributed by atoms with Gasteiger partial charge in [-0.25, -0.2) is 9.48 Å².